The van der Waals surface area contributed by atoms with E-state index in [4.69, 9.17) is 9.47 Å². The zero-order valence-electron chi connectivity index (χ0n) is 10.7. The van der Waals surface area contributed by atoms with Gasteiger partial charge >= 0.3 is 5.97 Å². The minimum atomic E-state index is -0.0317. The Morgan fingerprint density at radius 3 is 2.47 bits per heavy atom. The van der Waals surface area contributed by atoms with Gasteiger partial charge in [0.15, 0.2) is 0 Å². The van der Waals surface area contributed by atoms with Gasteiger partial charge in [-0.05, 0) is 44.7 Å². The Balaban J connectivity index is 1.69. The predicted molar refractivity (Wildman–Crippen MR) is 64.7 cm³/mol. The first-order valence-corrected chi connectivity index (χ1v) is 6.67. The summed E-state index contributed by atoms with van der Waals surface area (Å²) in [7, 11) is 1.48. The van der Waals surface area contributed by atoms with Gasteiger partial charge in [-0.1, -0.05) is 0 Å². The van der Waals surface area contributed by atoms with Crippen LogP contribution in [-0.2, 0) is 14.3 Å². The number of hydrogen-bond donors (Lipinski definition) is 0. The fourth-order valence-corrected chi connectivity index (χ4v) is 2.81. The van der Waals surface area contributed by atoms with E-state index in [1.807, 2.05) is 0 Å². The molecule has 98 valence electrons. The summed E-state index contributed by atoms with van der Waals surface area (Å²) in [5.74, 6) is 0.889. The fourth-order valence-electron chi connectivity index (χ4n) is 2.81. The number of methoxy groups -OCH3 is 1. The molecular formula is C13H23NO3. The quantitative estimate of drug-likeness (QED) is 0.698. The fraction of sp³-hybridized carbons (Fsp3) is 0.923. The topological polar surface area (TPSA) is 38.8 Å². The minimum Gasteiger partial charge on any atom is -0.469 e. The van der Waals surface area contributed by atoms with E-state index in [2.05, 4.69) is 4.90 Å². The van der Waals surface area contributed by atoms with E-state index in [-0.39, 0.29) is 11.9 Å². The SMILES string of the molecule is COC(=O)C1CCN(CC2CCOCC2)CC1. The van der Waals surface area contributed by atoms with E-state index >= 15 is 0 Å². The summed E-state index contributed by atoms with van der Waals surface area (Å²) in [6.45, 7) is 5.10. The molecule has 2 aliphatic rings. The highest BCUT2D eigenvalue weighted by molar-refractivity contribution is 5.72. The summed E-state index contributed by atoms with van der Waals surface area (Å²) in [5.41, 5.74) is 0. The van der Waals surface area contributed by atoms with Gasteiger partial charge in [-0.15, -0.1) is 0 Å². The van der Waals surface area contributed by atoms with Crippen LogP contribution in [-0.4, -0.2) is 50.8 Å². The van der Waals surface area contributed by atoms with Gasteiger partial charge < -0.3 is 14.4 Å². The Kier molecular flexibility index (Phi) is 4.80. The van der Waals surface area contributed by atoms with E-state index in [9.17, 15) is 4.79 Å². The molecule has 0 saturated carbocycles. The maximum Gasteiger partial charge on any atom is 0.308 e. The second-order valence-corrected chi connectivity index (χ2v) is 5.15. The highest BCUT2D eigenvalue weighted by Gasteiger charge is 2.27. The van der Waals surface area contributed by atoms with Gasteiger partial charge in [0.05, 0.1) is 13.0 Å². The highest BCUT2D eigenvalue weighted by atomic mass is 16.5. The molecule has 2 aliphatic heterocycles. The minimum absolute atomic E-state index is 0.0317. The molecule has 2 heterocycles. The predicted octanol–water partition coefficient (Wildman–Crippen LogP) is 1.30. The summed E-state index contributed by atoms with van der Waals surface area (Å²) in [5, 5.41) is 0. The Labute approximate surface area is 103 Å². The van der Waals surface area contributed by atoms with Crippen molar-refractivity contribution in [2.24, 2.45) is 11.8 Å². The molecule has 0 atom stereocenters. The molecule has 0 amide bonds. The van der Waals surface area contributed by atoms with E-state index in [1.165, 1.54) is 26.5 Å². The number of piperidine rings is 1. The molecule has 0 radical (unpaired) electrons. The number of nitrogens with zero attached hydrogens (tertiary/aromatic N) is 1. The number of carbonyl (C=O) groups is 1. The number of carbonyl (C=O) groups excluding carboxylic acids is 1. The monoisotopic (exact) mass is 241 g/mol. The molecule has 0 aliphatic carbocycles. The van der Waals surface area contributed by atoms with Gasteiger partial charge in [-0.2, -0.15) is 0 Å². The Bertz CT molecular complexity index is 243. The standard InChI is InChI=1S/C13H23NO3/c1-16-13(15)12-2-6-14(7-3-12)10-11-4-8-17-9-5-11/h11-12H,2-10H2,1H3. The molecule has 0 aromatic carbocycles. The van der Waals surface area contributed by atoms with Crippen molar-refractivity contribution in [3.63, 3.8) is 0 Å². The molecule has 0 unspecified atom stereocenters. The van der Waals surface area contributed by atoms with E-state index in [1.54, 1.807) is 0 Å². The lowest BCUT2D eigenvalue weighted by molar-refractivity contribution is -0.147. The van der Waals surface area contributed by atoms with Crippen LogP contribution in [0.1, 0.15) is 25.7 Å². The zero-order valence-corrected chi connectivity index (χ0v) is 10.7. The van der Waals surface area contributed by atoms with Crippen LogP contribution in [0.5, 0.6) is 0 Å². The van der Waals surface area contributed by atoms with Crippen LogP contribution in [0.2, 0.25) is 0 Å². The van der Waals surface area contributed by atoms with Crippen molar-refractivity contribution in [3.05, 3.63) is 0 Å². The molecule has 0 spiro atoms. The highest BCUT2D eigenvalue weighted by Crippen LogP contribution is 2.22. The molecular weight excluding hydrogens is 218 g/mol. The summed E-state index contributed by atoms with van der Waals surface area (Å²) in [6, 6.07) is 0. The maximum absolute atomic E-state index is 11.4. The van der Waals surface area contributed by atoms with Crippen LogP contribution < -0.4 is 0 Å². The first kappa shape index (κ1) is 12.8. The number of ether oxygens (including phenoxy) is 2. The van der Waals surface area contributed by atoms with Crippen LogP contribution in [0, 0.1) is 11.8 Å². The second kappa shape index (κ2) is 6.36. The van der Waals surface area contributed by atoms with E-state index < -0.39 is 0 Å². The molecule has 2 saturated heterocycles. The van der Waals surface area contributed by atoms with Crippen molar-refractivity contribution in [2.75, 3.05) is 40.0 Å². The average Bonchev–Trinajstić information content (AvgIpc) is 2.40. The van der Waals surface area contributed by atoms with Crippen molar-refractivity contribution in [3.8, 4) is 0 Å². The number of rotatable bonds is 3. The van der Waals surface area contributed by atoms with E-state index in [0.717, 1.165) is 45.1 Å². The number of likely N-dealkylation sites (tertiary alicyclic amines) is 1. The second-order valence-electron chi connectivity index (χ2n) is 5.15. The lowest BCUT2D eigenvalue weighted by atomic mass is 9.94. The van der Waals surface area contributed by atoms with Gasteiger partial charge in [-0.25, -0.2) is 0 Å². The summed E-state index contributed by atoms with van der Waals surface area (Å²) >= 11 is 0. The zero-order chi connectivity index (χ0) is 12.1. The molecule has 2 rings (SSSR count). The van der Waals surface area contributed by atoms with Crippen LogP contribution in [0.4, 0.5) is 0 Å². The summed E-state index contributed by atoms with van der Waals surface area (Å²) in [4.78, 5) is 13.9. The molecule has 4 nitrogen and oxygen atoms in total. The summed E-state index contributed by atoms with van der Waals surface area (Å²) in [6.07, 6.45) is 4.29. The molecule has 0 bridgehead atoms. The van der Waals surface area contributed by atoms with Gasteiger partial charge in [0.25, 0.3) is 0 Å². The lowest BCUT2D eigenvalue weighted by Crippen LogP contribution is -2.40. The molecule has 0 aromatic rings. The summed E-state index contributed by atoms with van der Waals surface area (Å²) < 4.78 is 10.2. The van der Waals surface area contributed by atoms with Crippen molar-refractivity contribution in [2.45, 2.75) is 25.7 Å². The maximum atomic E-state index is 11.4. The largest absolute Gasteiger partial charge is 0.469 e. The van der Waals surface area contributed by atoms with Crippen LogP contribution in [0.3, 0.4) is 0 Å². The lowest BCUT2D eigenvalue weighted by Gasteiger charge is -2.34. The third kappa shape index (κ3) is 3.68. The molecule has 17 heavy (non-hydrogen) atoms. The Morgan fingerprint density at radius 1 is 1.24 bits per heavy atom. The smallest absolute Gasteiger partial charge is 0.308 e. The van der Waals surface area contributed by atoms with Crippen LogP contribution >= 0.6 is 0 Å². The molecule has 0 aromatic heterocycles. The normalized spacial score (nSPS) is 24.8. The van der Waals surface area contributed by atoms with Crippen molar-refractivity contribution >= 4 is 5.97 Å². The third-order valence-corrected chi connectivity index (χ3v) is 3.98. The van der Waals surface area contributed by atoms with Crippen molar-refractivity contribution in [1.82, 2.24) is 4.90 Å². The first-order chi connectivity index (χ1) is 8.29. The van der Waals surface area contributed by atoms with Gasteiger partial charge in [0.1, 0.15) is 0 Å². The molecule has 4 heteroatoms. The van der Waals surface area contributed by atoms with Gasteiger partial charge in [0, 0.05) is 19.8 Å². The van der Waals surface area contributed by atoms with Crippen LogP contribution in [0.15, 0.2) is 0 Å². The van der Waals surface area contributed by atoms with Crippen LogP contribution in [0.25, 0.3) is 0 Å². The van der Waals surface area contributed by atoms with Crippen molar-refractivity contribution < 1.29 is 14.3 Å². The third-order valence-electron chi connectivity index (χ3n) is 3.98. The average molecular weight is 241 g/mol. The number of hydrogen-bond acceptors (Lipinski definition) is 4. The first-order valence-electron chi connectivity index (χ1n) is 6.67. The molecule has 2 fully saturated rings. The Morgan fingerprint density at radius 2 is 1.88 bits per heavy atom. The van der Waals surface area contributed by atoms with Crippen molar-refractivity contribution in [1.29, 1.82) is 0 Å². The number of esters is 1. The van der Waals surface area contributed by atoms with Gasteiger partial charge in [-0.3, -0.25) is 4.79 Å². The Hall–Kier alpha value is -0.610. The van der Waals surface area contributed by atoms with E-state index in [0.29, 0.717) is 0 Å². The van der Waals surface area contributed by atoms with Gasteiger partial charge in [0.2, 0.25) is 0 Å². The molecule has 0 N–H and O–H groups in total.